The van der Waals surface area contributed by atoms with Crippen LogP contribution in [-0.2, 0) is 16.1 Å². The Labute approximate surface area is 176 Å². The Kier molecular flexibility index (Phi) is 4.30. The van der Waals surface area contributed by atoms with Gasteiger partial charge in [0.15, 0.2) is 0 Å². The molecule has 0 N–H and O–H groups in total. The lowest BCUT2D eigenvalue weighted by Gasteiger charge is -2.49. The second kappa shape index (κ2) is 7.05. The van der Waals surface area contributed by atoms with Gasteiger partial charge in [-0.15, -0.1) is 0 Å². The fraction of sp³-hybridized carbons (Fsp3) is 0.542. The van der Waals surface area contributed by atoms with Gasteiger partial charge in [0, 0.05) is 43.8 Å². The van der Waals surface area contributed by atoms with E-state index in [0.29, 0.717) is 25.0 Å². The Hall–Kier alpha value is -2.47. The van der Waals surface area contributed by atoms with E-state index < -0.39 is 0 Å². The van der Waals surface area contributed by atoms with Crippen LogP contribution in [0.15, 0.2) is 36.5 Å². The summed E-state index contributed by atoms with van der Waals surface area (Å²) in [6.07, 6.45) is 7.41. The molecule has 3 aliphatic heterocycles. The maximum atomic E-state index is 13.5. The van der Waals surface area contributed by atoms with Crippen LogP contribution in [0.3, 0.4) is 0 Å². The number of carbonyl (C=O) groups is 2. The van der Waals surface area contributed by atoms with Gasteiger partial charge >= 0.3 is 0 Å². The quantitative estimate of drug-likeness (QED) is 0.771. The normalized spacial score (nSPS) is 31.6. The molecule has 4 unspecified atom stereocenters. The number of nitrogens with zero attached hydrogens (tertiary/aromatic N) is 4. The molecule has 0 bridgehead atoms. The molecular formula is C24H28N4O2. The number of aromatic nitrogens is 1. The molecule has 6 heteroatoms. The molecule has 1 aromatic carbocycles. The molecular weight excluding hydrogens is 376 g/mol. The summed E-state index contributed by atoms with van der Waals surface area (Å²) in [7, 11) is 0. The van der Waals surface area contributed by atoms with Gasteiger partial charge in [0.1, 0.15) is 12.1 Å². The highest BCUT2D eigenvalue weighted by Crippen LogP contribution is 2.43. The minimum absolute atomic E-state index is 0.193. The zero-order chi connectivity index (χ0) is 20.2. The van der Waals surface area contributed by atoms with E-state index in [9.17, 15) is 9.59 Å². The number of rotatable bonds is 2. The van der Waals surface area contributed by atoms with Crippen LogP contribution in [0.5, 0.6) is 0 Å². The Bertz CT molecular complexity index is 1000. The van der Waals surface area contributed by atoms with Crippen LogP contribution < -0.4 is 0 Å². The summed E-state index contributed by atoms with van der Waals surface area (Å²) in [6, 6.07) is 10.1. The molecule has 4 heterocycles. The van der Waals surface area contributed by atoms with Gasteiger partial charge in [-0.3, -0.25) is 19.5 Å². The van der Waals surface area contributed by atoms with E-state index in [0.717, 1.165) is 36.8 Å². The second-order valence-corrected chi connectivity index (χ2v) is 9.38. The predicted molar refractivity (Wildman–Crippen MR) is 114 cm³/mol. The van der Waals surface area contributed by atoms with Gasteiger partial charge in [-0.05, 0) is 42.9 Å². The van der Waals surface area contributed by atoms with Crippen molar-refractivity contribution in [2.24, 2.45) is 5.92 Å². The zero-order valence-corrected chi connectivity index (χ0v) is 17.2. The van der Waals surface area contributed by atoms with Crippen LogP contribution in [-0.4, -0.2) is 69.3 Å². The second-order valence-electron chi connectivity index (χ2n) is 9.38. The predicted octanol–water partition coefficient (Wildman–Crippen LogP) is 2.42. The SMILES string of the molecule is O=C1C2CC3CCCCC3N2C(=O)C2CN(Cc3ccnc4ccccc34)CCN12. The molecule has 4 aliphatic rings. The van der Waals surface area contributed by atoms with Crippen molar-refractivity contribution in [1.29, 1.82) is 0 Å². The molecule has 0 spiro atoms. The molecule has 30 heavy (non-hydrogen) atoms. The molecule has 156 valence electrons. The van der Waals surface area contributed by atoms with Crippen molar-refractivity contribution in [3.63, 3.8) is 0 Å². The summed E-state index contributed by atoms with van der Waals surface area (Å²) in [5, 5.41) is 1.16. The third kappa shape index (κ3) is 2.77. The van der Waals surface area contributed by atoms with Crippen LogP contribution >= 0.6 is 0 Å². The van der Waals surface area contributed by atoms with Crippen molar-refractivity contribution in [2.75, 3.05) is 19.6 Å². The van der Waals surface area contributed by atoms with Crippen molar-refractivity contribution in [2.45, 2.75) is 56.8 Å². The van der Waals surface area contributed by atoms with Gasteiger partial charge in [0.25, 0.3) is 0 Å². The van der Waals surface area contributed by atoms with Gasteiger partial charge in [-0.1, -0.05) is 31.0 Å². The van der Waals surface area contributed by atoms with Crippen LogP contribution in [0.4, 0.5) is 0 Å². The van der Waals surface area contributed by atoms with Crippen molar-refractivity contribution in [1.82, 2.24) is 19.7 Å². The molecule has 6 nitrogen and oxygen atoms in total. The smallest absolute Gasteiger partial charge is 0.247 e. The fourth-order valence-electron chi connectivity index (χ4n) is 6.35. The highest BCUT2D eigenvalue weighted by Gasteiger charge is 2.55. The molecule has 2 aromatic rings. The molecule has 1 saturated carbocycles. The number of para-hydroxylation sites is 1. The van der Waals surface area contributed by atoms with Gasteiger partial charge in [-0.2, -0.15) is 0 Å². The number of carbonyl (C=O) groups excluding carboxylic acids is 2. The lowest BCUT2D eigenvalue weighted by atomic mass is 9.85. The van der Waals surface area contributed by atoms with Crippen molar-refractivity contribution < 1.29 is 9.59 Å². The number of piperazine rings is 2. The first-order valence-electron chi connectivity index (χ1n) is 11.4. The Morgan fingerprint density at radius 2 is 1.83 bits per heavy atom. The van der Waals surface area contributed by atoms with E-state index in [2.05, 4.69) is 22.0 Å². The molecule has 4 atom stereocenters. The number of amides is 2. The van der Waals surface area contributed by atoms with Crippen molar-refractivity contribution in [3.05, 3.63) is 42.1 Å². The fourth-order valence-corrected chi connectivity index (χ4v) is 6.35. The summed E-state index contributed by atoms with van der Waals surface area (Å²) in [5.41, 5.74) is 2.23. The maximum Gasteiger partial charge on any atom is 0.247 e. The minimum atomic E-state index is -0.323. The lowest BCUT2D eigenvalue weighted by Crippen LogP contribution is -2.69. The standard InChI is InChI=1S/C24H28N4O2/c29-23-21-13-16-5-1-4-8-20(16)28(21)24(30)22-15-26(11-12-27(22)23)14-17-9-10-25-19-7-3-2-6-18(17)19/h2-3,6-7,9-10,16,20-22H,1,4-5,8,11-15H2. The number of hydrogen-bond donors (Lipinski definition) is 0. The first kappa shape index (κ1) is 18.3. The van der Waals surface area contributed by atoms with E-state index in [4.69, 9.17) is 0 Å². The maximum absolute atomic E-state index is 13.5. The minimum Gasteiger partial charge on any atom is -0.326 e. The van der Waals surface area contributed by atoms with Crippen molar-refractivity contribution in [3.8, 4) is 0 Å². The molecule has 1 aromatic heterocycles. The number of hydrogen-bond acceptors (Lipinski definition) is 4. The summed E-state index contributed by atoms with van der Waals surface area (Å²) in [4.78, 5) is 37.5. The number of benzene rings is 1. The van der Waals surface area contributed by atoms with Crippen LogP contribution in [0.1, 0.15) is 37.7 Å². The summed E-state index contributed by atoms with van der Waals surface area (Å²) >= 11 is 0. The zero-order valence-electron chi connectivity index (χ0n) is 17.2. The highest BCUT2D eigenvalue weighted by atomic mass is 16.2. The Morgan fingerprint density at radius 3 is 2.77 bits per heavy atom. The van der Waals surface area contributed by atoms with E-state index in [-0.39, 0.29) is 23.9 Å². The first-order chi connectivity index (χ1) is 14.7. The van der Waals surface area contributed by atoms with Crippen LogP contribution in [0.2, 0.25) is 0 Å². The Morgan fingerprint density at radius 1 is 0.967 bits per heavy atom. The average molecular weight is 405 g/mol. The van der Waals surface area contributed by atoms with Crippen molar-refractivity contribution >= 4 is 22.7 Å². The Balaban J connectivity index is 1.24. The van der Waals surface area contributed by atoms with Gasteiger partial charge < -0.3 is 9.80 Å². The lowest BCUT2D eigenvalue weighted by molar-refractivity contribution is -0.165. The van der Waals surface area contributed by atoms with Gasteiger partial charge in [-0.25, -0.2) is 0 Å². The summed E-state index contributed by atoms with van der Waals surface area (Å²) in [5.74, 6) is 0.915. The van der Waals surface area contributed by atoms with Crippen LogP contribution in [0, 0.1) is 5.92 Å². The largest absolute Gasteiger partial charge is 0.326 e. The molecule has 0 radical (unpaired) electrons. The third-order valence-corrected chi connectivity index (χ3v) is 7.79. The highest BCUT2D eigenvalue weighted by molar-refractivity contribution is 5.98. The van der Waals surface area contributed by atoms with E-state index in [1.165, 1.54) is 24.8 Å². The summed E-state index contributed by atoms with van der Waals surface area (Å²) in [6.45, 7) is 2.87. The monoisotopic (exact) mass is 404 g/mol. The van der Waals surface area contributed by atoms with Gasteiger partial charge in [0.2, 0.25) is 11.8 Å². The number of fused-ring (bicyclic) bond motifs is 5. The van der Waals surface area contributed by atoms with E-state index >= 15 is 0 Å². The molecule has 1 aliphatic carbocycles. The molecule has 3 saturated heterocycles. The van der Waals surface area contributed by atoms with Crippen LogP contribution in [0.25, 0.3) is 10.9 Å². The van der Waals surface area contributed by atoms with E-state index in [1.807, 2.05) is 34.2 Å². The molecule has 4 fully saturated rings. The topological polar surface area (TPSA) is 56.8 Å². The molecule has 2 amide bonds. The summed E-state index contributed by atoms with van der Waals surface area (Å²) < 4.78 is 0. The number of pyridine rings is 1. The first-order valence-corrected chi connectivity index (χ1v) is 11.4. The average Bonchev–Trinajstić information content (AvgIpc) is 3.18. The third-order valence-electron chi connectivity index (χ3n) is 7.79. The van der Waals surface area contributed by atoms with Gasteiger partial charge in [0.05, 0.1) is 5.52 Å². The van der Waals surface area contributed by atoms with E-state index in [1.54, 1.807) is 0 Å². The molecule has 6 rings (SSSR count).